The lowest BCUT2D eigenvalue weighted by Gasteiger charge is -2.25. The van der Waals surface area contributed by atoms with Gasteiger partial charge in [-0.05, 0) is 49.2 Å². The molecule has 0 fully saturated rings. The third-order valence-corrected chi connectivity index (χ3v) is 9.65. The zero-order chi connectivity index (χ0) is 28.0. The highest BCUT2D eigenvalue weighted by molar-refractivity contribution is 7.89. The van der Waals surface area contributed by atoms with Crippen LogP contribution < -0.4 is 10.6 Å². The number of unbranched alkanes of at least 4 members (excludes halogenated alkanes) is 1. The molecule has 0 aliphatic carbocycles. The topological polar surface area (TPSA) is 119 Å². The normalized spacial score (nSPS) is 13.7. The van der Waals surface area contributed by atoms with Crippen molar-refractivity contribution in [3.05, 3.63) is 45.8 Å². The number of anilines is 1. The zero-order valence-electron chi connectivity index (χ0n) is 22.7. The van der Waals surface area contributed by atoms with E-state index in [1.807, 2.05) is 6.92 Å². The third kappa shape index (κ3) is 6.60. The van der Waals surface area contributed by atoms with Crippen LogP contribution in [0.1, 0.15) is 64.8 Å². The number of benzene rings is 1. The Hall–Kier alpha value is -2.80. The van der Waals surface area contributed by atoms with E-state index in [9.17, 15) is 22.8 Å². The Morgan fingerprint density at radius 3 is 2.32 bits per heavy atom. The summed E-state index contributed by atoms with van der Waals surface area (Å²) >= 11 is 1.33. The molecule has 12 heteroatoms. The van der Waals surface area contributed by atoms with Crippen molar-refractivity contribution < 1.29 is 22.8 Å². The van der Waals surface area contributed by atoms with Gasteiger partial charge in [-0.2, -0.15) is 4.31 Å². The van der Waals surface area contributed by atoms with E-state index in [2.05, 4.69) is 22.5 Å². The smallest absolute Gasteiger partial charge is 0.323 e. The van der Waals surface area contributed by atoms with E-state index in [0.717, 1.165) is 36.4 Å². The summed E-state index contributed by atoms with van der Waals surface area (Å²) < 4.78 is 27.4. The number of fused-ring (bicyclic) bond motifs is 1. The lowest BCUT2D eigenvalue weighted by molar-refractivity contribution is 0.0956. The number of urea groups is 1. The van der Waals surface area contributed by atoms with Crippen LogP contribution in [0.3, 0.4) is 0 Å². The number of sulfonamides is 1. The number of thiophene rings is 1. The van der Waals surface area contributed by atoms with Gasteiger partial charge in [-0.15, -0.1) is 11.3 Å². The van der Waals surface area contributed by atoms with Crippen molar-refractivity contribution >= 4 is 44.2 Å². The molecule has 1 aromatic heterocycles. The zero-order valence-corrected chi connectivity index (χ0v) is 24.3. The molecule has 0 spiro atoms. The van der Waals surface area contributed by atoms with Gasteiger partial charge in [-0.1, -0.05) is 27.2 Å². The Bertz CT molecular complexity index is 1270. The number of nitrogens with one attached hydrogen (secondary N) is 2. The quantitative estimate of drug-likeness (QED) is 0.456. The number of carbonyl (C=O) groups is 3. The maximum absolute atomic E-state index is 13.2. The minimum absolute atomic E-state index is 0.125. The average Bonchev–Trinajstić information content (AvgIpc) is 3.25. The second kappa shape index (κ2) is 12.8. The molecule has 0 saturated heterocycles. The molecular weight excluding hydrogens is 526 g/mol. The summed E-state index contributed by atoms with van der Waals surface area (Å²) in [7, 11) is -0.576. The van der Waals surface area contributed by atoms with Crippen LogP contribution in [0, 0.1) is 0 Å². The van der Waals surface area contributed by atoms with Crippen molar-refractivity contribution in [1.82, 2.24) is 19.4 Å². The summed E-state index contributed by atoms with van der Waals surface area (Å²) in [5, 5.41) is 5.59. The van der Waals surface area contributed by atoms with Gasteiger partial charge in [0.05, 0.1) is 10.5 Å². The van der Waals surface area contributed by atoms with Gasteiger partial charge < -0.3 is 10.2 Å². The standard InChI is InChI=1S/C26H37N5O5S2/c1-6-9-15-31(8-3)38(35,36)19-12-10-18(11-13-19)23(32)27-25-22(24(33)28-26(34)29(4)5)20-14-16-30(7-2)17-21(20)37-25/h10-13H,6-9,14-17H2,1-5H3,(H,27,32)(H,28,33,34). The second-order valence-corrected chi connectivity index (χ2v) is 12.4. The van der Waals surface area contributed by atoms with Crippen LogP contribution in [0.4, 0.5) is 9.80 Å². The van der Waals surface area contributed by atoms with Gasteiger partial charge in [0.1, 0.15) is 5.00 Å². The van der Waals surface area contributed by atoms with Crippen molar-refractivity contribution in [2.45, 2.75) is 51.5 Å². The summed E-state index contributed by atoms with van der Waals surface area (Å²) in [6, 6.07) is 5.26. The molecule has 1 aromatic carbocycles. The van der Waals surface area contributed by atoms with E-state index < -0.39 is 27.9 Å². The van der Waals surface area contributed by atoms with Crippen LogP contribution in [-0.4, -0.2) is 80.6 Å². The Morgan fingerprint density at radius 1 is 1.05 bits per heavy atom. The van der Waals surface area contributed by atoms with Gasteiger partial charge >= 0.3 is 6.03 Å². The van der Waals surface area contributed by atoms with Crippen LogP contribution in [-0.2, 0) is 23.0 Å². The monoisotopic (exact) mass is 563 g/mol. The highest BCUT2D eigenvalue weighted by atomic mass is 32.2. The van der Waals surface area contributed by atoms with Crippen LogP contribution in [0.15, 0.2) is 29.2 Å². The Morgan fingerprint density at radius 2 is 1.74 bits per heavy atom. The van der Waals surface area contributed by atoms with Gasteiger partial charge in [0.2, 0.25) is 10.0 Å². The number of rotatable bonds is 10. The van der Waals surface area contributed by atoms with Gasteiger partial charge in [-0.25, -0.2) is 13.2 Å². The second-order valence-electron chi connectivity index (χ2n) is 9.31. The number of hydrogen-bond donors (Lipinski definition) is 2. The molecule has 1 aliphatic rings. The highest BCUT2D eigenvalue weighted by Crippen LogP contribution is 2.37. The minimum Gasteiger partial charge on any atom is -0.331 e. The molecule has 10 nitrogen and oxygen atoms in total. The van der Waals surface area contributed by atoms with Gasteiger partial charge in [0.25, 0.3) is 11.8 Å². The van der Waals surface area contributed by atoms with Gasteiger partial charge in [0.15, 0.2) is 0 Å². The van der Waals surface area contributed by atoms with E-state index >= 15 is 0 Å². The summed E-state index contributed by atoms with van der Waals surface area (Å²) in [6.45, 7) is 8.98. The fraction of sp³-hybridized carbons (Fsp3) is 0.500. The molecule has 208 valence electrons. The Balaban J connectivity index is 1.87. The first-order valence-electron chi connectivity index (χ1n) is 12.8. The number of amides is 4. The van der Waals surface area contributed by atoms with Crippen molar-refractivity contribution in [1.29, 1.82) is 0 Å². The lowest BCUT2D eigenvalue weighted by atomic mass is 10.0. The molecule has 0 radical (unpaired) electrons. The van der Waals surface area contributed by atoms with Crippen molar-refractivity contribution in [2.75, 3.05) is 45.6 Å². The molecular formula is C26H37N5O5S2. The summed E-state index contributed by atoms with van der Waals surface area (Å²) in [6.07, 6.45) is 2.29. The van der Waals surface area contributed by atoms with Crippen LogP contribution in [0.25, 0.3) is 0 Å². The van der Waals surface area contributed by atoms with Crippen LogP contribution in [0.2, 0.25) is 0 Å². The predicted molar refractivity (Wildman–Crippen MR) is 149 cm³/mol. The van der Waals surface area contributed by atoms with E-state index in [-0.39, 0.29) is 10.5 Å². The maximum Gasteiger partial charge on any atom is 0.323 e. The first-order valence-corrected chi connectivity index (χ1v) is 15.1. The molecule has 38 heavy (non-hydrogen) atoms. The predicted octanol–water partition coefficient (Wildman–Crippen LogP) is 3.60. The Kier molecular flexibility index (Phi) is 10.0. The summed E-state index contributed by atoms with van der Waals surface area (Å²) in [4.78, 5) is 43.1. The van der Waals surface area contributed by atoms with E-state index in [1.165, 1.54) is 44.8 Å². The number of carbonyl (C=O) groups excluding carboxylic acids is 3. The molecule has 0 unspecified atom stereocenters. The fourth-order valence-electron chi connectivity index (χ4n) is 4.21. The third-order valence-electron chi connectivity index (χ3n) is 6.53. The molecule has 0 saturated carbocycles. The van der Waals surface area contributed by atoms with Crippen LogP contribution >= 0.6 is 11.3 Å². The number of imide groups is 1. The van der Waals surface area contributed by atoms with Gasteiger partial charge in [0, 0.05) is 50.7 Å². The van der Waals surface area contributed by atoms with E-state index in [4.69, 9.17) is 0 Å². The summed E-state index contributed by atoms with van der Waals surface area (Å²) in [5.74, 6) is -1.03. The molecule has 0 atom stereocenters. The fourth-order valence-corrected chi connectivity index (χ4v) is 6.98. The van der Waals surface area contributed by atoms with Gasteiger partial charge in [-0.3, -0.25) is 19.8 Å². The number of hydrogen-bond acceptors (Lipinski definition) is 7. The Labute approximate surface area is 229 Å². The number of nitrogens with zero attached hydrogens (tertiary/aromatic N) is 3. The molecule has 1 aliphatic heterocycles. The highest BCUT2D eigenvalue weighted by Gasteiger charge is 2.30. The van der Waals surface area contributed by atoms with Crippen molar-refractivity contribution in [3.8, 4) is 0 Å². The molecule has 3 rings (SSSR count). The first kappa shape index (κ1) is 29.8. The molecule has 0 bridgehead atoms. The number of likely N-dealkylation sites (N-methyl/N-ethyl adjacent to an activating group) is 1. The molecule has 2 aromatic rings. The largest absolute Gasteiger partial charge is 0.331 e. The van der Waals surface area contributed by atoms with Crippen molar-refractivity contribution in [2.24, 2.45) is 0 Å². The van der Waals surface area contributed by atoms with Crippen LogP contribution in [0.5, 0.6) is 0 Å². The SMILES string of the molecule is CCCCN(CC)S(=O)(=O)c1ccc(C(=O)Nc2sc3c(c2C(=O)NC(=O)N(C)C)CCN(CC)C3)cc1. The lowest BCUT2D eigenvalue weighted by Crippen LogP contribution is -2.39. The first-order chi connectivity index (χ1) is 18.0. The molecule has 4 amide bonds. The minimum atomic E-state index is -3.66. The van der Waals surface area contributed by atoms with Crippen molar-refractivity contribution in [3.63, 3.8) is 0 Å². The molecule has 2 heterocycles. The maximum atomic E-state index is 13.2. The molecule has 2 N–H and O–H groups in total. The van der Waals surface area contributed by atoms with E-state index in [0.29, 0.717) is 36.6 Å². The van der Waals surface area contributed by atoms with E-state index in [1.54, 1.807) is 21.0 Å². The summed E-state index contributed by atoms with van der Waals surface area (Å²) in [5.41, 5.74) is 1.41. The average molecular weight is 564 g/mol.